The Kier molecular flexibility index (Phi) is 5.31. The first-order valence-electron chi connectivity index (χ1n) is 8.36. The largest absolute Gasteiger partial charge is 0.370 e. The van der Waals surface area contributed by atoms with Crippen LogP contribution in [0, 0.1) is 5.82 Å². The maximum Gasteiger partial charge on any atom is 0.231 e. The molecule has 1 atom stereocenters. The van der Waals surface area contributed by atoms with Crippen LogP contribution >= 0.6 is 0 Å². The van der Waals surface area contributed by atoms with E-state index in [1.807, 2.05) is 49.4 Å². The van der Waals surface area contributed by atoms with Crippen molar-refractivity contribution in [1.29, 1.82) is 0 Å². The van der Waals surface area contributed by atoms with Gasteiger partial charge in [-0.05, 0) is 29.5 Å². The molecule has 5 nitrogen and oxygen atoms in total. The topological polar surface area (TPSA) is 76.4 Å². The molecule has 2 aromatic carbocycles. The molecule has 0 radical (unpaired) electrons. The highest BCUT2D eigenvalue weighted by Crippen LogP contribution is 2.28. The number of guanidine groups is 1. The minimum absolute atomic E-state index is 0.0875. The van der Waals surface area contributed by atoms with E-state index in [4.69, 9.17) is 10.3 Å². The van der Waals surface area contributed by atoms with Gasteiger partial charge in [-0.15, -0.1) is 0 Å². The van der Waals surface area contributed by atoms with E-state index in [9.17, 15) is 4.39 Å². The van der Waals surface area contributed by atoms with E-state index in [-0.39, 0.29) is 17.7 Å². The van der Waals surface area contributed by atoms with Crippen LogP contribution in [0.4, 0.5) is 10.3 Å². The van der Waals surface area contributed by atoms with Crippen molar-refractivity contribution in [2.45, 2.75) is 19.3 Å². The number of nitrogens with two attached hydrogens (primary N) is 1. The van der Waals surface area contributed by atoms with E-state index in [2.05, 4.69) is 15.5 Å². The van der Waals surface area contributed by atoms with Gasteiger partial charge >= 0.3 is 0 Å². The number of nitrogens with zero attached hydrogens (tertiary/aromatic N) is 2. The number of aliphatic imine (C=N–C) groups is 1. The van der Waals surface area contributed by atoms with Crippen LogP contribution in [0.15, 0.2) is 64.1 Å². The summed E-state index contributed by atoms with van der Waals surface area (Å²) >= 11 is 0. The zero-order valence-electron chi connectivity index (χ0n) is 14.7. The van der Waals surface area contributed by atoms with Crippen LogP contribution in [0.1, 0.15) is 24.1 Å². The summed E-state index contributed by atoms with van der Waals surface area (Å²) in [6, 6.07) is 16.7. The second kappa shape index (κ2) is 7.82. The van der Waals surface area contributed by atoms with Gasteiger partial charge in [-0.1, -0.05) is 54.5 Å². The predicted molar refractivity (Wildman–Crippen MR) is 102 cm³/mol. The van der Waals surface area contributed by atoms with Crippen molar-refractivity contribution in [2.75, 3.05) is 12.4 Å². The minimum Gasteiger partial charge on any atom is -0.370 e. The van der Waals surface area contributed by atoms with Crippen molar-refractivity contribution in [2.24, 2.45) is 10.7 Å². The van der Waals surface area contributed by atoms with Gasteiger partial charge in [0, 0.05) is 18.7 Å². The molecule has 1 aromatic heterocycles. The molecule has 1 unspecified atom stereocenters. The summed E-state index contributed by atoms with van der Waals surface area (Å²) in [7, 11) is 1.58. The first-order chi connectivity index (χ1) is 12.6. The summed E-state index contributed by atoms with van der Waals surface area (Å²) in [6.07, 6.45) is 0.623. The molecule has 0 saturated carbocycles. The van der Waals surface area contributed by atoms with Crippen molar-refractivity contribution in [3.63, 3.8) is 0 Å². The Morgan fingerprint density at radius 3 is 2.69 bits per heavy atom. The fourth-order valence-electron chi connectivity index (χ4n) is 2.77. The fraction of sp³-hybridized carbons (Fsp3) is 0.200. The van der Waals surface area contributed by atoms with Gasteiger partial charge in [-0.25, -0.2) is 4.39 Å². The summed E-state index contributed by atoms with van der Waals surface area (Å²) in [5, 5.41) is 6.81. The minimum atomic E-state index is -0.227. The Labute approximate surface area is 151 Å². The number of rotatable bonds is 5. The second-order valence-corrected chi connectivity index (χ2v) is 6.13. The number of hydrogen-bond donors (Lipinski definition) is 2. The predicted octanol–water partition coefficient (Wildman–Crippen LogP) is 4.18. The number of halogens is 1. The third kappa shape index (κ3) is 4.08. The molecule has 0 aliphatic heterocycles. The van der Waals surface area contributed by atoms with E-state index in [0.717, 1.165) is 16.8 Å². The Balaban J connectivity index is 1.72. The monoisotopic (exact) mass is 352 g/mol. The van der Waals surface area contributed by atoms with Gasteiger partial charge in [-0.2, -0.15) is 0 Å². The first-order valence-corrected chi connectivity index (χ1v) is 8.36. The summed E-state index contributed by atoms with van der Waals surface area (Å²) in [4.78, 5) is 3.80. The highest BCUT2D eigenvalue weighted by Gasteiger charge is 2.14. The molecule has 0 spiro atoms. The van der Waals surface area contributed by atoms with Gasteiger partial charge in [-0.3, -0.25) is 10.3 Å². The lowest BCUT2D eigenvalue weighted by Crippen LogP contribution is -2.21. The Morgan fingerprint density at radius 1 is 1.23 bits per heavy atom. The van der Waals surface area contributed by atoms with Gasteiger partial charge in [0.2, 0.25) is 5.88 Å². The van der Waals surface area contributed by atoms with E-state index < -0.39 is 0 Å². The smallest absolute Gasteiger partial charge is 0.231 e. The molecule has 26 heavy (non-hydrogen) atoms. The molecule has 3 N–H and O–H groups in total. The van der Waals surface area contributed by atoms with Crippen molar-refractivity contribution < 1.29 is 8.91 Å². The van der Waals surface area contributed by atoms with E-state index in [1.54, 1.807) is 19.2 Å². The average molecular weight is 352 g/mol. The summed E-state index contributed by atoms with van der Waals surface area (Å²) in [5.41, 5.74) is 8.73. The van der Waals surface area contributed by atoms with Crippen molar-refractivity contribution >= 4 is 11.8 Å². The molecule has 0 amide bonds. The molecule has 0 bridgehead atoms. The summed E-state index contributed by atoms with van der Waals surface area (Å²) < 4.78 is 19.7. The van der Waals surface area contributed by atoms with E-state index >= 15 is 0 Å². The number of nitrogens with one attached hydrogen (secondary N) is 1. The summed E-state index contributed by atoms with van der Waals surface area (Å²) in [6.45, 7) is 2.03. The van der Waals surface area contributed by atoms with Crippen LogP contribution in [0.2, 0.25) is 0 Å². The molecule has 3 aromatic rings. The molecular weight excluding hydrogens is 331 g/mol. The lowest BCUT2D eigenvalue weighted by atomic mass is 9.94. The fourth-order valence-corrected chi connectivity index (χ4v) is 2.77. The Bertz CT molecular complexity index is 905. The zero-order valence-corrected chi connectivity index (χ0v) is 14.7. The number of anilines is 1. The van der Waals surface area contributed by atoms with Crippen molar-refractivity contribution in [3.05, 3.63) is 71.7 Å². The molecule has 0 saturated heterocycles. The molecule has 3 rings (SSSR count). The van der Waals surface area contributed by atoms with Crippen molar-refractivity contribution in [1.82, 2.24) is 5.16 Å². The SMILES string of the molecule is CN=C(N)Nc1cc(CC(C)c2ccc(-c3ccccc3)c(F)c2)no1. The number of hydrogen-bond acceptors (Lipinski definition) is 3. The van der Waals surface area contributed by atoms with Crippen LogP contribution in [0.25, 0.3) is 11.1 Å². The van der Waals surface area contributed by atoms with Crippen LogP contribution in [-0.2, 0) is 6.42 Å². The number of benzene rings is 2. The quantitative estimate of drug-likeness (QED) is 0.533. The second-order valence-electron chi connectivity index (χ2n) is 6.13. The van der Waals surface area contributed by atoms with Gasteiger partial charge < -0.3 is 10.3 Å². The van der Waals surface area contributed by atoms with Gasteiger partial charge in [0.05, 0.1) is 5.69 Å². The normalized spacial score (nSPS) is 12.8. The number of aromatic nitrogens is 1. The third-order valence-electron chi connectivity index (χ3n) is 4.21. The Morgan fingerprint density at radius 2 is 2.00 bits per heavy atom. The lowest BCUT2D eigenvalue weighted by molar-refractivity contribution is 0.424. The van der Waals surface area contributed by atoms with Crippen LogP contribution in [-0.4, -0.2) is 18.2 Å². The molecule has 0 aliphatic carbocycles. The highest BCUT2D eigenvalue weighted by atomic mass is 19.1. The molecular formula is C20H21FN4O. The molecule has 6 heteroatoms. The zero-order chi connectivity index (χ0) is 18.5. The summed E-state index contributed by atoms with van der Waals surface area (Å²) in [5.74, 6) is 0.541. The Hall–Kier alpha value is -3.15. The lowest BCUT2D eigenvalue weighted by Gasteiger charge is -2.12. The molecule has 0 fully saturated rings. The van der Waals surface area contributed by atoms with Crippen LogP contribution in [0.3, 0.4) is 0 Å². The maximum atomic E-state index is 14.6. The third-order valence-corrected chi connectivity index (χ3v) is 4.21. The van der Waals surface area contributed by atoms with E-state index in [0.29, 0.717) is 17.9 Å². The van der Waals surface area contributed by atoms with Gasteiger partial charge in [0.15, 0.2) is 5.96 Å². The maximum absolute atomic E-state index is 14.6. The average Bonchev–Trinajstić information content (AvgIpc) is 3.08. The highest BCUT2D eigenvalue weighted by molar-refractivity contribution is 5.90. The standard InChI is InChI=1S/C20H21FN4O/c1-13(10-16-12-19(26-25-16)24-20(22)23-2)15-8-9-17(18(21)11-15)14-6-4-3-5-7-14/h3-9,11-13H,10H2,1-2H3,(H3,22,23,24). The first kappa shape index (κ1) is 17.7. The van der Waals surface area contributed by atoms with E-state index in [1.165, 1.54) is 0 Å². The van der Waals surface area contributed by atoms with Gasteiger partial charge in [0.1, 0.15) is 5.82 Å². The molecule has 1 heterocycles. The molecule has 134 valence electrons. The van der Waals surface area contributed by atoms with Crippen molar-refractivity contribution in [3.8, 4) is 11.1 Å². The molecule has 0 aliphatic rings. The van der Waals surface area contributed by atoms with Gasteiger partial charge in [0.25, 0.3) is 0 Å². The van der Waals surface area contributed by atoms with Crippen LogP contribution < -0.4 is 11.1 Å². The van der Waals surface area contributed by atoms with Crippen LogP contribution in [0.5, 0.6) is 0 Å².